The molecule has 2 atom stereocenters. The first-order valence-electron chi connectivity index (χ1n) is 11.3. The third-order valence-electron chi connectivity index (χ3n) is 5.74. The monoisotopic (exact) mass is 524 g/mol. The summed E-state index contributed by atoms with van der Waals surface area (Å²) in [5.41, 5.74) is 1.55. The van der Waals surface area contributed by atoms with Crippen LogP contribution in [0.1, 0.15) is 27.9 Å². The van der Waals surface area contributed by atoms with E-state index in [1.165, 1.54) is 30.1 Å². The fraction of sp³-hybridized carbons (Fsp3) is 0.179. The van der Waals surface area contributed by atoms with Gasteiger partial charge in [-0.05, 0) is 41.8 Å². The van der Waals surface area contributed by atoms with Gasteiger partial charge in [0.2, 0.25) is 6.10 Å². The Hall–Kier alpha value is -3.85. The number of nitrogens with zero attached hydrogens (tertiary/aromatic N) is 2. The summed E-state index contributed by atoms with van der Waals surface area (Å²) in [6, 6.07) is 24.2. The van der Waals surface area contributed by atoms with E-state index in [0.29, 0.717) is 22.6 Å². The van der Waals surface area contributed by atoms with Crippen LogP contribution < -0.4 is 4.74 Å². The number of aryl methyl sites for hydroxylation is 1. The molecule has 4 rings (SSSR count). The zero-order valence-corrected chi connectivity index (χ0v) is 20.5. The summed E-state index contributed by atoms with van der Waals surface area (Å²) in [4.78, 5) is 21.1. The second kappa shape index (κ2) is 11.0. The van der Waals surface area contributed by atoms with E-state index in [1.54, 1.807) is 43.3 Å². The lowest BCUT2D eigenvalue weighted by Gasteiger charge is -2.38. The molecule has 0 saturated carbocycles. The molecule has 0 amide bonds. The van der Waals surface area contributed by atoms with Gasteiger partial charge in [-0.15, -0.1) is 11.8 Å². The van der Waals surface area contributed by atoms with Gasteiger partial charge in [-0.25, -0.2) is 14.8 Å². The number of rotatable bonds is 9. The lowest BCUT2D eigenvalue weighted by molar-refractivity contribution is -0.146. The highest BCUT2D eigenvalue weighted by molar-refractivity contribution is 7.99. The van der Waals surface area contributed by atoms with Crippen molar-refractivity contribution >= 4 is 17.7 Å². The number of carboxylic acids is 1. The molecule has 190 valence electrons. The van der Waals surface area contributed by atoms with Crippen molar-refractivity contribution in [1.82, 2.24) is 9.97 Å². The van der Waals surface area contributed by atoms with Crippen LogP contribution in [0.3, 0.4) is 0 Å². The second-order valence-corrected chi connectivity index (χ2v) is 9.49. The number of aliphatic carboxylic acids is 1. The van der Waals surface area contributed by atoms with Crippen LogP contribution in [-0.4, -0.2) is 27.1 Å². The van der Waals surface area contributed by atoms with Gasteiger partial charge in [0.05, 0.1) is 5.56 Å². The Kier molecular flexibility index (Phi) is 7.83. The molecule has 3 aromatic carbocycles. The molecule has 0 aliphatic heterocycles. The molecular formula is C28H23F3N2O3S. The third-order valence-corrected chi connectivity index (χ3v) is 7.36. The first-order valence-corrected chi connectivity index (χ1v) is 12.3. The number of hydrogen-bond acceptors (Lipinski definition) is 5. The Bertz CT molecular complexity index is 1340. The molecule has 0 aliphatic carbocycles. The van der Waals surface area contributed by atoms with Crippen molar-refractivity contribution in [2.75, 3.05) is 0 Å². The number of carboxylic acid groups (broad SMARTS) is 1. The standard InChI is InChI=1S/C28H23F3N2O3S/c1-19-16-17-32-26(33-19)36-24(25(34)35)27(21-10-6-3-7-11-21,37-18-20-8-4-2-5-9-20)22-12-14-23(15-13-22)28(29,30)31/h2-17,24H,18H2,1H3,(H,34,35). The summed E-state index contributed by atoms with van der Waals surface area (Å²) < 4.78 is 44.6. The summed E-state index contributed by atoms with van der Waals surface area (Å²) in [5.74, 6) is -0.951. The molecule has 0 saturated heterocycles. The highest BCUT2D eigenvalue weighted by atomic mass is 32.2. The molecule has 0 bridgehead atoms. The molecule has 1 heterocycles. The van der Waals surface area contributed by atoms with Gasteiger partial charge < -0.3 is 9.84 Å². The summed E-state index contributed by atoms with van der Waals surface area (Å²) in [6.45, 7) is 1.72. The van der Waals surface area contributed by atoms with E-state index >= 15 is 0 Å². The summed E-state index contributed by atoms with van der Waals surface area (Å²) in [7, 11) is 0. The number of hydrogen-bond donors (Lipinski definition) is 1. The molecule has 1 aromatic heterocycles. The smallest absolute Gasteiger partial charge is 0.416 e. The number of ether oxygens (including phenoxy) is 1. The molecule has 0 aliphatic rings. The number of halogens is 3. The second-order valence-electron chi connectivity index (χ2n) is 8.27. The Labute approximate surface area is 216 Å². The van der Waals surface area contributed by atoms with Gasteiger partial charge in [0.1, 0.15) is 4.75 Å². The minimum absolute atomic E-state index is 0.139. The normalized spacial score (nSPS) is 13.9. The molecule has 5 nitrogen and oxygen atoms in total. The van der Waals surface area contributed by atoms with Gasteiger partial charge in [-0.1, -0.05) is 72.8 Å². The summed E-state index contributed by atoms with van der Waals surface area (Å²) >= 11 is 1.26. The molecule has 4 aromatic rings. The van der Waals surface area contributed by atoms with Crippen LogP contribution in [0, 0.1) is 6.92 Å². The van der Waals surface area contributed by atoms with Gasteiger partial charge in [-0.2, -0.15) is 13.2 Å². The van der Waals surface area contributed by atoms with Gasteiger partial charge >= 0.3 is 18.2 Å². The van der Waals surface area contributed by atoms with Crippen LogP contribution in [0.5, 0.6) is 6.01 Å². The van der Waals surface area contributed by atoms with Crippen molar-refractivity contribution in [2.45, 2.75) is 29.7 Å². The molecular weight excluding hydrogens is 501 g/mol. The minimum atomic E-state index is -4.54. The Morgan fingerprint density at radius 2 is 1.46 bits per heavy atom. The number of alkyl halides is 3. The van der Waals surface area contributed by atoms with E-state index in [-0.39, 0.29) is 6.01 Å². The van der Waals surface area contributed by atoms with Gasteiger partial charge in [0.15, 0.2) is 0 Å². The van der Waals surface area contributed by atoms with Crippen molar-refractivity contribution < 1.29 is 27.8 Å². The van der Waals surface area contributed by atoms with Crippen LogP contribution in [-0.2, 0) is 21.5 Å². The van der Waals surface area contributed by atoms with E-state index in [2.05, 4.69) is 9.97 Å². The zero-order valence-electron chi connectivity index (χ0n) is 19.7. The quantitative estimate of drug-likeness (QED) is 0.269. The minimum Gasteiger partial charge on any atom is -0.478 e. The number of benzene rings is 3. The van der Waals surface area contributed by atoms with E-state index < -0.39 is 28.6 Å². The zero-order chi connectivity index (χ0) is 26.5. The van der Waals surface area contributed by atoms with Crippen LogP contribution in [0.15, 0.2) is 97.2 Å². The largest absolute Gasteiger partial charge is 0.478 e. The Balaban J connectivity index is 1.92. The van der Waals surface area contributed by atoms with E-state index in [4.69, 9.17) is 4.74 Å². The maximum atomic E-state index is 13.4. The fourth-order valence-electron chi connectivity index (χ4n) is 3.97. The predicted octanol–water partition coefficient (Wildman–Crippen LogP) is 6.51. The molecule has 0 spiro atoms. The molecule has 0 radical (unpaired) electrons. The van der Waals surface area contributed by atoms with E-state index in [9.17, 15) is 23.1 Å². The highest BCUT2D eigenvalue weighted by Crippen LogP contribution is 2.49. The number of thioether (sulfide) groups is 1. The average Bonchev–Trinajstić information content (AvgIpc) is 2.89. The van der Waals surface area contributed by atoms with Crippen molar-refractivity contribution in [3.8, 4) is 6.01 Å². The average molecular weight is 525 g/mol. The van der Waals surface area contributed by atoms with E-state index in [1.807, 2.05) is 30.3 Å². The summed E-state index contributed by atoms with van der Waals surface area (Å²) in [6.07, 6.45) is -4.67. The van der Waals surface area contributed by atoms with Crippen LogP contribution in [0.4, 0.5) is 13.2 Å². The van der Waals surface area contributed by atoms with Gasteiger partial charge in [-0.3, -0.25) is 0 Å². The van der Waals surface area contributed by atoms with E-state index in [0.717, 1.165) is 17.7 Å². The van der Waals surface area contributed by atoms with Crippen molar-refractivity contribution in [3.63, 3.8) is 0 Å². The molecule has 1 N–H and O–H groups in total. The lowest BCUT2D eigenvalue weighted by atomic mass is 9.84. The van der Waals surface area contributed by atoms with Gasteiger partial charge in [0.25, 0.3) is 0 Å². The molecule has 9 heteroatoms. The fourth-order valence-corrected chi connectivity index (χ4v) is 5.46. The molecule has 0 fully saturated rings. The number of aromatic nitrogens is 2. The Morgan fingerprint density at radius 3 is 2.03 bits per heavy atom. The number of carbonyl (C=O) groups is 1. The Morgan fingerprint density at radius 1 is 0.892 bits per heavy atom. The lowest BCUT2D eigenvalue weighted by Crippen LogP contribution is -2.47. The molecule has 2 unspecified atom stereocenters. The summed E-state index contributed by atoms with van der Waals surface area (Å²) in [5, 5.41) is 10.5. The van der Waals surface area contributed by atoms with Crippen molar-refractivity contribution in [1.29, 1.82) is 0 Å². The maximum Gasteiger partial charge on any atom is 0.416 e. The maximum absolute atomic E-state index is 13.4. The van der Waals surface area contributed by atoms with Crippen LogP contribution in [0.2, 0.25) is 0 Å². The first kappa shape index (κ1) is 26.2. The van der Waals surface area contributed by atoms with Crippen molar-refractivity contribution in [2.24, 2.45) is 0 Å². The predicted molar refractivity (Wildman–Crippen MR) is 135 cm³/mol. The highest BCUT2D eigenvalue weighted by Gasteiger charge is 2.49. The SMILES string of the molecule is Cc1ccnc(OC(C(=O)O)C(SCc2ccccc2)(c2ccccc2)c2ccc(C(F)(F)F)cc2)n1. The van der Waals surface area contributed by atoms with Crippen molar-refractivity contribution in [3.05, 3.63) is 125 Å². The molecule has 37 heavy (non-hydrogen) atoms. The topological polar surface area (TPSA) is 72.3 Å². The third kappa shape index (κ3) is 5.94. The van der Waals surface area contributed by atoms with Crippen LogP contribution in [0.25, 0.3) is 0 Å². The first-order chi connectivity index (χ1) is 17.7. The van der Waals surface area contributed by atoms with Gasteiger partial charge in [0, 0.05) is 17.6 Å². The van der Waals surface area contributed by atoms with Crippen LogP contribution >= 0.6 is 11.8 Å².